The van der Waals surface area contributed by atoms with Gasteiger partial charge in [-0.1, -0.05) is 6.92 Å². The van der Waals surface area contributed by atoms with Crippen molar-refractivity contribution in [3.63, 3.8) is 0 Å². The van der Waals surface area contributed by atoms with Crippen LogP contribution in [0.4, 0.5) is 0 Å². The minimum atomic E-state index is -0.874. The predicted octanol–water partition coefficient (Wildman–Crippen LogP) is 0.456. The van der Waals surface area contributed by atoms with Crippen LogP contribution in [0.5, 0.6) is 0 Å². The number of carbonyl (C=O) groups is 1. The Bertz CT molecular complexity index is 510. The molecule has 0 aromatic carbocycles. The number of hydrogen-bond acceptors (Lipinski definition) is 5. The number of aromatic nitrogens is 5. The highest BCUT2D eigenvalue weighted by molar-refractivity contribution is 5.69. The van der Waals surface area contributed by atoms with Crippen LogP contribution in [0.25, 0.3) is 11.4 Å². The first kappa shape index (κ1) is 11.2. The lowest BCUT2D eigenvalue weighted by Gasteiger charge is -2.07. The Balaban J connectivity index is 2.26. The fraction of sp³-hybridized carbons (Fsp3) is 0.300. The van der Waals surface area contributed by atoms with Crippen LogP contribution >= 0.6 is 0 Å². The van der Waals surface area contributed by atoms with Crippen molar-refractivity contribution >= 4 is 5.97 Å². The van der Waals surface area contributed by atoms with Gasteiger partial charge < -0.3 is 5.11 Å². The van der Waals surface area contributed by atoms with E-state index < -0.39 is 11.9 Å². The number of pyridine rings is 1. The van der Waals surface area contributed by atoms with E-state index in [2.05, 4.69) is 20.5 Å². The second kappa shape index (κ2) is 4.69. The van der Waals surface area contributed by atoms with Crippen LogP contribution in [0.2, 0.25) is 0 Å². The number of carboxylic acids is 1. The molecule has 0 fully saturated rings. The van der Waals surface area contributed by atoms with E-state index in [1.54, 1.807) is 31.5 Å². The minimum Gasteiger partial charge on any atom is -0.481 e. The summed E-state index contributed by atoms with van der Waals surface area (Å²) in [7, 11) is 0. The van der Waals surface area contributed by atoms with E-state index in [9.17, 15) is 4.79 Å². The molecule has 1 unspecified atom stereocenters. The van der Waals surface area contributed by atoms with Gasteiger partial charge in [0.2, 0.25) is 0 Å². The van der Waals surface area contributed by atoms with E-state index in [0.29, 0.717) is 5.82 Å². The van der Waals surface area contributed by atoms with Crippen LogP contribution in [0.1, 0.15) is 6.92 Å². The quantitative estimate of drug-likeness (QED) is 0.824. The molecule has 2 rings (SSSR count). The summed E-state index contributed by atoms with van der Waals surface area (Å²) in [5, 5.41) is 20.1. The molecule has 0 aliphatic heterocycles. The van der Waals surface area contributed by atoms with E-state index in [-0.39, 0.29) is 6.54 Å². The van der Waals surface area contributed by atoms with Gasteiger partial charge in [0.1, 0.15) is 0 Å². The van der Waals surface area contributed by atoms with Crippen molar-refractivity contribution in [2.75, 3.05) is 0 Å². The topological polar surface area (TPSA) is 93.8 Å². The summed E-state index contributed by atoms with van der Waals surface area (Å²) in [5.74, 6) is -0.874. The largest absolute Gasteiger partial charge is 0.481 e. The molecule has 2 heterocycles. The molecule has 0 amide bonds. The summed E-state index contributed by atoms with van der Waals surface area (Å²) >= 11 is 0. The highest BCUT2D eigenvalue weighted by Gasteiger charge is 2.16. The molecule has 17 heavy (non-hydrogen) atoms. The average Bonchev–Trinajstić information content (AvgIpc) is 2.78. The minimum absolute atomic E-state index is 0.236. The predicted molar refractivity (Wildman–Crippen MR) is 57.8 cm³/mol. The SMILES string of the molecule is CC(Cn1nnnc1-c1ccncc1)C(=O)O. The van der Waals surface area contributed by atoms with Crippen LogP contribution in [-0.4, -0.2) is 36.3 Å². The van der Waals surface area contributed by atoms with Gasteiger partial charge in [-0.3, -0.25) is 9.78 Å². The van der Waals surface area contributed by atoms with Crippen molar-refractivity contribution in [2.24, 2.45) is 5.92 Å². The summed E-state index contributed by atoms with van der Waals surface area (Å²) in [6.45, 7) is 1.85. The molecular weight excluding hydrogens is 222 g/mol. The summed E-state index contributed by atoms with van der Waals surface area (Å²) in [6.07, 6.45) is 3.27. The Labute approximate surface area is 97.1 Å². The van der Waals surface area contributed by atoms with Crippen molar-refractivity contribution in [2.45, 2.75) is 13.5 Å². The summed E-state index contributed by atoms with van der Waals surface area (Å²) < 4.78 is 1.48. The number of hydrogen-bond donors (Lipinski definition) is 1. The van der Waals surface area contributed by atoms with Gasteiger partial charge in [0.05, 0.1) is 12.5 Å². The van der Waals surface area contributed by atoms with E-state index in [1.807, 2.05) is 0 Å². The van der Waals surface area contributed by atoms with Gasteiger partial charge in [0, 0.05) is 18.0 Å². The fourth-order valence-corrected chi connectivity index (χ4v) is 1.37. The molecule has 0 spiro atoms. The molecule has 2 aromatic heterocycles. The Morgan fingerprint density at radius 2 is 2.18 bits per heavy atom. The second-order valence-electron chi connectivity index (χ2n) is 3.66. The van der Waals surface area contributed by atoms with Crippen LogP contribution < -0.4 is 0 Å². The molecule has 0 bridgehead atoms. The standard InChI is InChI=1S/C10H11N5O2/c1-7(10(16)17)6-15-9(12-13-14-15)8-2-4-11-5-3-8/h2-5,7H,6H2,1H3,(H,16,17). The average molecular weight is 233 g/mol. The van der Waals surface area contributed by atoms with Gasteiger partial charge in [-0.25, -0.2) is 4.68 Å². The molecule has 0 aliphatic carbocycles. The van der Waals surface area contributed by atoms with Crippen molar-refractivity contribution in [1.82, 2.24) is 25.2 Å². The monoisotopic (exact) mass is 233 g/mol. The molecule has 7 heteroatoms. The normalized spacial score (nSPS) is 12.3. The van der Waals surface area contributed by atoms with Gasteiger partial charge in [0.15, 0.2) is 5.82 Å². The number of carboxylic acid groups (broad SMARTS) is 1. The first-order valence-corrected chi connectivity index (χ1v) is 5.08. The molecule has 7 nitrogen and oxygen atoms in total. The Kier molecular flexibility index (Phi) is 3.08. The van der Waals surface area contributed by atoms with Crippen LogP contribution in [0.3, 0.4) is 0 Å². The number of rotatable bonds is 4. The third-order valence-corrected chi connectivity index (χ3v) is 2.34. The van der Waals surface area contributed by atoms with Crippen LogP contribution in [0, 0.1) is 5.92 Å². The first-order chi connectivity index (χ1) is 8.18. The maximum atomic E-state index is 10.8. The number of aliphatic carboxylic acids is 1. The Morgan fingerprint density at radius 1 is 1.47 bits per heavy atom. The van der Waals surface area contributed by atoms with Crippen LogP contribution in [-0.2, 0) is 11.3 Å². The summed E-state index contributed by atoms with van der Waals surface area (Å²) in [5.41, 5.74) is 0.808. The van der Waals surface area contributed by atoms with Gasteiger partial charge in [-0.05, 0) is 22.6 Å². The molecule has 0 saturated carbocycles. The zero-order valence-corrected chi connectivity index (χ0v) is 9.19. The van der Waals surface area contributed by atoms with Gasteiger partial charge in [0.25, 0.3) is 0 Å². The third kappa shape index (κ3) is 2.44. The molecule has 0 radical (unpaired) electrons. The molecule has 1 N–H and O–H groups in total. The van der Waals surface area contributed by atoms with E-state index >= 15 is 0 Å². The van der Waals surface area contributed by atoms with E-state index in [0.717, 1.165) is 5.56 Å². The molecule has 2 aromatic rings. The fourth-order valence-electron chi connectivity index (χ4n) is 1.37. The van der Waals surface area contributed by atoms with Crippen LogP contribution in [0.15, 0.2) is 24.5 Å². The van der Waals surface area contributed by atoms with Crippen molar-refractivity contribution in [3.05, 3.63) is 24.5 Å². The highest BCUT2D eigenvalue weighted by Crippen LogP contribution is 2.15. The summed E-state index contributed by atoms with van der Waals surface area (Å²) in [4.78, 5) is 14.7. The zero-order valence-electron chi connectivity index (χ0n) is 9.19. The van der Waals surface area contributed by atoms with E-state index in [4.69, 9.17) is 5.11 Å². The molecule has 1 atom stereocenters. The third-order valence-electron chi connectivity index (χ3n) is 2.34. The lowest BCUT2D eigenvalue weighted by atomic mass is 10.2. The second-order valence-corrected chi connectivity index (χ2v) is 3.66. The Morgan fingerprint density at radius 3 is 2.82 bits per heavy atom. The maximum Gasteiger partial charge on any atom is 0.308 e. The smallest absolute Gasteiger partial charge is 0.308 e. The lowest BCUT2D eigenvalue weighted by molar-refractivity contribution is -0.141. The Hall–Kier alpha value is -2.31. The molecule has 88 valence electrons. The van der Waals surface area contributed by atoms with E-state index in [1.165, 1.54) is 4.68 Å². The highest BCUT2D eigenvalue weighted by atomic mass is 16.4. The van der Waals surface area contributed by atoms with Gasteiger partial charge in [-0.15, -0.1) is 5.10 Å². The van der Waals surface area contributed by atoms with Crippen molar-refractivity contribution < 1.29 is 9.90 Å². The first-order valence-electron chi connectivity index (χ1n) is 5.08. The number of tetrazole rings is 1. The van der Waals surface area contributed by atoms with Gasteiger partial charge in [-0.2, -0.15) is 0 Å². The summed E-state index contributed by atoms with van der Waals surface area (Å²) in [6, 6.07) is 3.54. The van der Waals surface area contributed by atoms with Crippen molar-refractivity contribution in [3.8, 4) is 11.4 Å². The molecule has 0 aliphatic rings. The lowest BCUT2D eigenvalue weighted by Crippen LogP contribution is -2.18. The van der Waals surface area contributed by atoms with Crippen molar-refractivity contribution in [1.29, 1.82) is 0 Å². The number of nitrogens with zero attached hydrogens (tertiary/aromatic N) is 5. The molecule has 0 saturated heterocycles. The maximum absolute atomic E-state index is 10.8. The zero-order chi connectivity index (χ0) is 12.3. The van der Waals surface area contributed by atoms with Gasteiger partial charge >= 0.3 is 5.97 Å². The molecular formula is C10H11N5O2.